The van der Waals surface area contributed by atoms with Gasteiger partial charge in [-0.1, -0.05) is 5.21 Å². The average Bonchev–Trinajstić information content (AvgIpc) is 2.80. The smallest absolute Gasteiger partial charge is 0.153 e. The van der Waals surface area contributed by atoms with E-state index in [1.807, 2.05) is 31.9 Å². The number of halogens is 1. The zero-order valence-corrected chi connectivity index (χ0v) is 10.9. The summed E-state index contributed by atoms with van der Waals surface area (Å²) in [5.74, 6) is 0. The predicted molar refractivity (Wildman–Crippen MR) is 62.8 cm³/mol. The Labute approximate surface area is 102 Å². The summed E-state index contributed by atoms with van der Waals surface area (Å²) >= 11 is 3.40. The maximum absolute atomic E-state index is 4.12. The molecule has 2 rings (SSSR count). The van der Waals surface area contributed by atoms with E-state index in [-0.39, 0.29) is 6.04 Å². The Morgan fingerprint density at radius 2 is 2.19 bits per heavy atom. The number of aromatic nitrogens is 5. The summed E-state index contributed by atoms with van der Waals surface area (Å²) in [5.41, 5.74) is 2.04. The first-order chi connectivity index (χ1) is 7.65. The van der Waals surface area contributed by atoms with Crippen LogP contribution in [0.15, 0.2) is 17.1 Å². The van der Waals surface area contributed by atoms with E-state index in [1.165, 1.54) is 0 Å². The van der Waals surface area contributed by atoms with Gasteiger partial charge >= 0.3 is 0 Å². The Morgan fingerprint density at radius 1 is 1.44 bits per heavy atom. The minimum atomic E-state index is 0.0156. The van der Waals surface area contributed by atoms with Crippen molar-refractivity contribution in [1.82, 2.24) is 29.9 Å². The van der Waals surface area contributed by atoms with Crippen molar-refractivity contribution in [1.29, 1.82) is 0 Å². The quantitative estimate of drug-likeness (QED) is 0.898. The maximum Gasteiger partial charge on any atom is 0.153 e. The van der Waals surface area contributed by atoms with Crippen molar-refractivity contribution in [2.45, 2.75) is 6.04 Å². The zero-order valence-electron chi connectivity index (χ0n) is 9.35. The molecular formula is C9H13BrN6. The highest BCUT2D eigenvalue weighted by molar-refractivity contribution is 9.10. The standard InChI is InChI=1S/C9H13BrN6/c1-11-7(6-4-12-5-15(6)2)8-9(10)13-14-16(8)3/h4-5,7,11H,1-3H3. The van der Waals surface area contributed by atoms with Gasteiger partial charge in [-0.25, -0.2) is 9.67 Å². The highest BCUT2D eigenvalue weighted by atomic mass is 79.9. The number of aryl methyl sites for hydroxylation is 2. The lowest BCUT2D eigenvalue weighted by Gasteiger charge is -2.16. The fraction of sp³-hybridized carbons (Fsp3) is 0.444. The second-order valence-electron chi connectivity index (χ2n) is 3.54. The first kappa shape index (κ1) is 11.3. The second kappa shape index (κ2) is 4.34. The van der Waals surface area contributed by atoms with Crippen molar-refractivity contribution in [2.24, 2.45) is 14.1 Å². The van der Waals surface area contributed by atoms with E-state index < -0.39 is 0 Å². The number of hydrogen-bond donors (Lipinski definition) is 1. The Morgan fingerprint density at radius 3 is 2.62 bits per heavy atom. The molecule has 0 spiro atoms. The summed E-state index contributed by atoms with van der Waals surface area (Å²) in [4.78, 5) is 4.12. The van der Waals surface area contributed by atoms with E-state index in [4.69, 9.17) is 0 Å². The van der Waals surface area contributed by atoms with Gasteiger partial charge in [-0.3, -0.25) is 0 Å². The van der Waals surface area contributed by atoms with Gasteiger partial charge in [0.25, 0.3) is 0 Å². The van der Waals surface area contributed by atoms with Gasteiger partial charge in [0.15, 0.2) is 4.60 Å². The molecule has 0 aromatic carbocycles. The van der Waals surface area contributed by atoms with E-state index in [0.717, 1.165) is 16.0 Å². The fourth-order valence-electron chi connectivity index (χ4n) is 1.72. The molecule has 2 aromatic rings. The van der Waals surface area contributed by atoms with Crippen LogP contribution >= 0.6 is 15.9 Å². The molecule has 2 heterocycles. The monoisotopic (exact) mass is 284 g/mol. The van der Waals surface area contributed by atoms with Crippen molar-refractivity contribution >= 4 is 15.9 Å². The van der Waals surface area contributed by atoms with Gasteiger partial charge in [0.1, 0.15) is 0 Å². The van der Waals surface area contributed by atoms with Crippen molar-refractivity contribution < 1.29 is 0 Å². The molecule has 2 aromatic heterocycles. The summed E-state index contributed by atoms with van der Waals surface area (Å²) in [6, 6.07) is 0.0156. The first-order valence-corrected chi connectivity index (χ1v) is 5.63. The minimum Gasteiger partial charge on any atom is -0.336 e. The van der Waals surface area contributed by atoms with Gasteiger partial charge in [0.2, 0.25) is 0 Å². The number of nitrogens with one attached hydrogen (secondary N) is 1. The summed E-state index contributed by atoms with van der Waals surface area (Å²) in [6.07, 6.45) is 3.61. The van der Waals surface area contributed by atoms with Crippen LogP contribution in [0, 0.1) is 0 Å². The first-order valence-electron chi connectivity index (χ1n) is 4.83. The largest absolute Gasteiger partial charge is 0.336 e. The molecule has 86 valence electrons. The molecule has 0 aliphatic heterocycles. The molecule has 0 saturated carbocycles. The molecule has 0 aliphatic rings. The third kappa shape index (κ3) is 1.76. The molecule has 0 amide bonds. The van der Waals surface area contributed by atoms with Gasteiger partial charge in [0.05, 0.1) is 30.0 Å². The van der Waals surface area contributed by atoms with Crippen LogP contribution in [-0.4, -0.2) is 31.6 Å². The van der Waals surface area contributed by atoms with E-state index in [2.05, 4.69) is 36.5 Å². The number of hydrogen-bond acceptors (Lipinski definition) is 4. The molecule has 16 heavy (non-hydrogen) atoms. The van der Waals surface area contributed by atoms with E-state index in [1.54, 1.807) is 11.0 Å². The molecule has 0 radical (unpaired) electrons. The zero-order chi connectivity index (χ0) is 11.7. The third-order valence-corrected chi connectivity index (χ3v) is 3.10. The summed E-state index contributed by atoms with van der Waals surface area (Å²) < 4.78 is 4.47. The van der Waals surface area contributed by atoms with Gasteiger partial charge in [-0.05, 0) is 23.0 Å². The topological polar surface area (TPSA) is 60.6 Å². The Bertz CT molecular complexity index is 468. The molecule has 0 saturated heterocycles. The van der Waals surface area contributed by atoms with Gasteiger partial charge in [-0.2, -0.15) is 0 Å². The molecule has 0 bridgehead atoms. The molecule has 1 unspecified atom stereocenters. The lowest BCUT2D eigenvalue weighted by atomic mass is 10.1. The van der Waals surface area contributed by atoms with Crippen LogP contribution in [-0.2, 0) is 14.1 Å². The second-order valence-corrected chi connectivity index (χ2v) is 4.29. The minimum absolute atomic E-state index is 0.0156. The van der Waals surface area contributed by atoms with Crippen LogP contribution in [0.3, 0.4) is 0 Å². The number of rotatable bonds is 3. The Kier molecular flexibility index (Phi) is 3.06. The van der Waals surface area contributed by atoms with E-state index in [0.29, 0.717) is 0 Å². The van der Waals surface area contributed by atoms with E-state index in [9.17, 15) is 0 Å². The van der Waals surface area contributed by atoms with Crippen LogP contribution in [0.5, 0.6) is 0 Å². The van der Waals surface area contributed by atoms with Crippen LogP contribution < -0.4 is 5.32 Å². The van der Waals surface area contributed by atoms with Crippen LogP contribution in [0.25, 0.3) is 0 Å². The summed E-state index contributed by atoms with van der Waals surface area (Å²) in [5, 5.41) is 11.2. The fourth-order valence-corrected chi connectivity index (χ4v) is 2.27. The van der Waals surface area contributed by atoms with Gasteiger partial charge in [-0.15, -0.1) is 5.10 Å². The van der Waals surface area contributed by atoms with Crippen molar-refractivity contribution in [3.8, 4) is 0 Å². The maximum atomic E-state index is 4.12. The average molecular weight is 285 g/mol. The molecular weight excluding hydrogens is 272 g/mol. The van der Waals surface area contributed by atoms with Crippen LogP contribution in [0.1, 0.15) is 17.4 Å². The van der Waals surface area contributed by atoms with Crippen molar-refractivity contribution in [3.63, 3.8) is 0 Å². The number of imidazole rings is 1. The van der Waals surface area contributed by atoms with Crippen LogP contribution in [0.2, 0.25) is 0 Å². The molecule has 7 heteroatoms. The predicted octanol–water partition coefficient (Wildman–Crippen LogP) is 0.620. The molecule has 1 N–H and O–H groups in total. The lowest BCUT2D eigenvalue weighted by molar-refractivity contribution is 0.571. The van der Waals surface area contributed by atoms with E-state index >= 15 is 0 Å². The van der Waals surface area contributed by atoms with Gasteiger partial charge < -0.3 is 9.88 Å². The Balaban J connectivity index is 2.49. The van der Waals surface area contributed by atoms with Crippen molar-refractivity contribution in [3.05, 3.63) is 28.5 Å². The molecule has 1 atom stereocenters. The number of nitrogens with zero attached hydrogens (tertiary/aromatic N) is 5. The molecule has 0 fully saturated rings. The summed E-state index contributed by atoms with van der Waals surface area (Å²) in [7, 11) is 5.73. The van der Waals surface area contributed by atoms with Crippen molar-refractivity contribution in [2.75, 3.05) is 7.05 Å². The molecule has 6 nitrogen and oxygen atoms in total. The SMILES string of the molecule is CNC(c1cncn1C)c1c(Br)nnn1C. The molecule has 0 aliphatic carbocycles. The highest BCUT2D eigenvalue weighted by Crippen LogP contribution is 2.25. The third-order valence-electron chi connectivity index (χ3n) is 2.54. The Hall–Kier alpha value is -1.21. The van der Waals surface area contributed by atoms with Crippen LogP contribution in [0.4, 0.5) is 0 Å². The normalized spacial score (nSPS) is 13.0. The van der Waals surface area contributed by atoms with Gasteiger partial charge in [0, 0.05) is 14.1 Å². The summed E-state index contributed by atoms with van der Waals surface area (Å²) in [6.45, 7) is 0. The highest BCUT2D eigenvalue weighted by Gasteiger charge is 2.22. The lowest BCUT2D eigenvalue weighted by Crippen LogP contribution is -2.23.